The lowest BCUT2D eigenvalue weighted by Crippen LogP contribution is -2.35. The largest absolute Gasteiger partial charge is 0.480 e. The molecular weight excluding hydrogens is 1140 g/mol. The number of rotatable bonds is 14. The van der Waals surface area contributed by atoms with E-state index < -0.39 is 42.1 Å². The van der Waals surface area contributed by atoms with Crippen LogP contribution in [0.3, 0.4) is 0 Å². The van der Waals surface area contributed by atoms with Crippen molar-refractivity contribution < 1.29 is 34.2 Å². The SMILES string of the molecule is CCN1C(=O)/C(=c2\s/c(=C\c3ccc(N(c4ccc(C=c5s/c(=C6/SC(=S)N(CC)C6=O)n(CC)c5=O)cc4)c4ccc(/C=c5/s/c(=C6/SC(=S)N(CC)C6=O)n(CC(=O)O)c5=O)cc4)cc3)c(=O)n2CC(=O)O)CC1=S. The Hall–Kier alpha value is -6.71. The number of benzene rings is 3. The maximum absolute atomic E-state index is 13.8. The average Bonchev–Trinajstić information content (AvgIpc) is 4.20. The number of carbonyl (C=O) groups is 5. The van der Waals surface area contributed by atoms with Crippen LogP contribution in [0.5, 0.6) is 0 Å². The van der Waals surface area contributed by atoms with Crippen LogP contribution in [0.1, 0.15) is 50.8 Å². The molecular formula is C52H43N7O10S8. The summed E-state index contributed by atoms with van der Waals surface area (Å²) in [6.45, 7) is 7.37. The minimum Gasteiger partial charge on any atom is -0.480 e. The molecule has 2 N–H and O–H groups in total. The molecule has 3 aliphatic rings. The average molecular weight is 1180 g/mol. The van der Waals surface area contributed by atoms with Crippen LogP contribution < -0.4 is 49.2 Å². The number of hydrogen-bond donors (Lipinski definition) is 2. The highest BCUT2D eigenvalue weighted by molar-refractivity contribution is 8.30. The van der Waals surface area contributed by atoms with Crippen LogP contribution in [0, 0.1) is 0 Å². The molecule has 25 heteroatoms. The van der Waals surface area contributed by atoms with Crippen molar-refractivity contribution in [2.45, 2.75) is 53.8 Å². The zero-order chi connectivity index (χ0) is 55.1. The van der Waals surface area contributed by atoms with E-state index in [1.54, 1.807) is 60.9 Å². The topological polar surface area (TPSA) is 205 Å². The number of thiazole rings is 3. The fourth-order valence-electron chi connectivity index (χ4n) is 8.71. The van der Waals surface area contributed by atoms with Crippen LogP contribution in [0.15, 0.2) is 87.2 Å². The molecule has 3 aromatic carbocycles. The summed E-state index contributed by atoms with van der Waals surface area (Å²) in [7, 11) is 0. The zero-order valence-corrected chi connectivity index (χ0v) is 47.7. The second kappa shape index (κ2) is 22.7. The highest BCUT2D eigenvalue weighted by atomic mass is 32.2. The van der Waals surface area contributed by atoms with Crippen LogP contribution in [0.25, 0.3) is 33.6 Å². The van der Waals surface area contributed by atoms with Gasteiger partial charge in [0.25, 0.3) is 34.4 Å². The number of carboxylic acids is 2. The Morgan fingerprint density at radius 2 is 0.857 bits per heavy atom. The molecule has 0 unspecified atom stereocenters. The molecule has 0 atom stereocenters. The minimum atomic E-state index is -1.25. The van der Waals surface area contributed by atoms with Gasteiger partial charge in [0, 0.05) is 49.7 Å². The van der Waals surface area contributed by atoms with E-state index in [4.69, 9.17) is 36.7 Å². The van der Waals surface area contributed by atoms with Crippen molar-refractivity contribution in [3.63, 3.8) is 0 Å². The van der Waals surface area contributed by atoms with Gasteiger partial charge in [0.05, 0.1) is 24.2 Å². The Morgan fingerprint density at radius 3 is 1.19 bits per heavy atom. The third kappa shape index (κ3) is 10.7. The summed E-state index contributed by atoms with van der Waals surface area (Å²) in [6.07, 6.45) is 5.15. The van der Waals surface area contributed by atoms with Gasteiger partial charge >= 0.3 is 11.9 Å². The molecule has 0 radical (unpaired) electrons. The van der Waals surface area contributed by atoms with Gasteiger partial charge in [0.1, 0.15) is 45.5 Å². The molecule has 3 amide bonds. The van der Waals surface area contributed by atoms with Gasteiger partial charge in [-0.05, 0) is 99.0 Å². The van der Waals surface area contributed by atoms with E-state index in [1.807, 2.05) is 67.3 Å². The van der Waals surface area contributed by atoms with Gasteiger partial charge in [-0.25, -0.2) is 0 Å². The lowest BCUT2D eigenvalue weighted by molar-refractivity contribution is -0.138. The van der Waals surface area contributed by atoms with Crippen molar-refractivity contribution >= 4 is 188 Å². The predicted molar refractivity (Wildman–Crippen MR) is 316 cm³/mol. The third-order valence-electron chi connectivity index (χ3n) is 12.4. The number of aliphatic carboxylic acids is 2. The van der Waals surface area contributed by atoms with E-state index in [9.17, 15) is 48.6 Å². The van der Waals surface area contributed by atoms with Crippen molar-refractivity contribution in [2.24, 2.45) is 0 Å². The van der Waals surface area contributed by atoms with Crippen LogP contribution >= 0.6 is 94.2 Å². The van der Waals surface area contributed by atoms with Gasteiger partial charge in [0.2, 0.25) is 0 Å². The third-order valence-corrected chi connectivity index (χ3v) is 19.3. The number of carboxylic acid groups (broad SMARTS) is 2. The van der Waals surface area contributed by atoms with Crippen LogP contribution in [0.4, 0.5) is 17.1 Å². The predicted octanol–water partition coefficient (Wildman–Crippen LogP) is 3.21. The molecule has 0 saturated carbocycles. The normalized spacial score (nSPS) is 17.9. The highest BCUT2D eigenvalue weighted by Gasteiger charge is 2.35. The molecule has 0 aliphatic carbocycles. The lowest BCUT2D eigenvalue weighted by atomic mass is 10.1. The molecule has 77 heavy (non-hydrogen) atoms. The Labute approximate surface area is 473 Å². The molecule has 0 spiro atoms. The number of hydrogen-bond acceptors (Lipinski definition) is 17. The van der Waals surface area contributed by atoms with E-state index in [0.29, 0.717) is 87.7 Å². The summed E-state index contributed by atoms with van der Waals surface area (Å²) in [4.78, 5) is 112. The number of nitrogens with zero attached hydrogens (tertiary/aromatic N) is 7. The molecule has 394 valence electrons. The smallest absolute Gasteiger partial charge is 0.323 e. The number of thioether (sulfide) groups is 2. The Bertz CT molecular complexity index is 3950. The number of carbonyl (C=O) groups excluding carboxylic acids is 3. The van der Waals surface area contributed by atoms with E-state index in [0.717, 1.165) is 43.6 Å². The Morgan fingerprint density at radius 1 is 0.506 bits per heavy atom. The van der Waals surface area contributed by atoms with Crippen molar-refractivity contribution in [3.8, 4) is 0 Å². The van der Waals surface area contributed by atoms with Gasteiger partial charge in [0.15, 0.2) is 0 Å². The van der Waals surface area contributed by atoms with Gasteiger partial charge in [-0.1, -0.05) is 96.6 Å². The summed E-state index contributed by atoms with van der Waals surface area (Å²) in [6, 6.07) is 22.1. The molecule has 0 bridgehead atoms. The minimum absolute atomic E-state index is 0.113. The van der Waals surface area contributed by atoms with Gasteiger partial charge in [-0.15, -0.1) is 34.0 Å². The van der Waals surface area contributed by atoms with Gasteiger partial charge in [-0.3, -0.25) is 61.9 Å². The maximum atomic E-state index is 13.8. The zero-order valence-electron chi connectivity index (χ0n) is 41.2. The van der Waals surface area contributed by atoms with E-state index in [2.05, 4.69) is 0 Å². The first-order valence-corrected chi connectivity index (χ1v) is 29.0. The lowest BCUT2D eigenvalue weighted by Gasteiger charge is -2.26. The summed E-state index contributed by atoms with van der Waals surface area (Å²) >= 11 is 21.8. The van der Waals surface area contributed by atoms with Crippen LogP contribution in [-0.4, -0.2) is 102 Å². The van der Waals surface area contributed by atoms with E-state index in [-0.39, 0.29) is 52.7 Å². The van der Waals surface area contributed by atoms with Crippen molar-refractivity contribution in [2.75, 3.05) is 24.5 Å². The first kappa shape index (κ1) is 55.1. The first-order chi connectivity index (χ1) is 36.8. The molecule has 3 saturated heterocycles. The monoisotopic (exact) mass is 1180 g/mol. The van der Waals surface area contributed by atoms with Crippen LogP contribution in [0.2, 0.25) is 0 Å². The van der Waals surface area contributed by atoms with Crippen molar-refractivity contribution in [1.82, 2.24) is 28.4 Å². The summed E-state index contributed by atoms with van der Waals surface area (Å²) < 4.78 is 6.36. The number of amides is 3. The quantitative estimate of drug-likeness (QED) is 0.150. The summed E-state index contributed by atoms with van der Waals surface area (Å²) in [5.41, 5.74) is 2.91. The number of thiocarbonyl (C=S) groups is 3. The summed E-state index contributed by atoms with van der Waals surface area (Å²) in [5, 5.41) is 19.5. The molecule has 3 aromatic heterocycles. The molecule has 6 aromatic rings. The van der Waals surface area contributed by atoms with E-state index in [1.165, 1.54) is 37.8 Å². The van der Waals surface area contributed by atoms with Crippen molar-refractivity contribution in [1.29, 1.82) is 0 Å². The second-order valence-electron chi connectivity index (χ2n) is 17.1. The molecule has 17 nitrogen and oxygen atoms in total. The fraction of sp³-hybridized carbons (Fsp3) is 0.212. The number of anilines is 3. The van der Waals surface area contributed by atoms with E-state index >= 15 is 0 Å². The Kier molecular flexibility index (Phi) is 16.2. The summed E-state index contributed by atoms with van der Waals surface area (Å²) in [5.74, 6) is -3.48. The standard InChI is InChI=1S/C52H43N7O10S8/c1-5-53-37(70)24-33(42(53)64)48-57(25-38(60)61)44(66)35(73-48)22-28-11-17-31(18-12-28)59(30-15-9-27(10-16-30)21-34-43(65)54(6-2)49(74-34)40-46(68)55(7-3)51(71)76-40)32-19-13-29(14-20-32)23-36-45(67)58(26-39(62)63)50(75-36)41-47(69)56(8-4)52(72)77-41/h9-23H,5-8,24-26H2,1-4H3,(H,60,61)(H,62,63)/b34-21?,35-22-,36-23+,48-33-,49-40+,50-41+. The Balaban J connectivity index is 1.13. The molecule has 3 fully saturated rings. The fourth-order valence-corrected chi connectivity index (χ4v) is 15.6. The maximum Gasteiger partial charge on any atom is 0.323 e. The highest BCUT2D eigenvalue weighted by Crippen LogP contribution is 2.36. The first-order valence-electron chi connectivity index (χ1n) is 23.7. The van der Waals surface area contributed by atoms with Gasteiger partial charge < -0.3 is 20.0 Å². The van der Waals surface area contributed by atoms with Crippen LogP contribution in [-0.2, 0) is 43.6 Å². The number of aromatic nitrogens is 3. The van der Waals surface area contributed by atoms with Crippen molar-refractivity contribution in [3.05, 3.63) is 148 Å². The molecule has 3 aliphatic heterocycles. The number of likely N-dealkylation sites (tertiary alicyclic amines) is 1. The molecule has 9 rings (SSSR count). The second-order valence-corrected chi connectivity index (χ2v) is 23.9. The van der Waals surface area contributed by atoms with Gasteiger partial charge in [-0.2, -0.15) is 0 Å². The molecule has 6 heterocycles.